The normalized spacial score (nSPS) is 24.0. The quantitative estimate of drug-likeness (QED) is 0.0204. The lowest BCUT2D eigenvalue weighted by Gasteiger charge is -2.46. The summed E-state index contributed by atoms with van der Waals surface area (Å²) in [4.78, 5) is 13.3. The van der Waals surface area contributed by atoms with E-state index in [4.69, 9.17) is 18.9 Å². The number of ether oxygens (including phenoxy) is 4. The highest BCUT2D eigenvalue weighted by Gasteiger charge is 2.51. The molecular formula is C68H129NO13. The van der Waals surface area contributed by atoms with Gasteiger partial charge >= 0.3 is 0 Å². The summed E-state index contributed by atoms with van der Waals surface area (Å²) < 4.78 is 22.8. The van der Waals surface area contributed by atoms with Gasteiger partial charge in [0.2, 0.25) is 5.91 Å². The first kappa shape index (κ1) is 76.6. The summed E-state index contributed by atoms with van der Waals surface area (Å²) in [6, 6.07) is -0.928. The van der Waals surface area contributed by atoms with Gasteiger partial charge in [-0.25, -0.2) is 0 Å². The molecule has 0 spiro atoms. The second kappa shape index (κ2) is 53.7. The molecule has 0 aromatic rings. The molecule has 2 heterocycles. The van der Waals surface area contributed by atoms with Crippen LogP contribution in [0.4, 0.5) is 0 Å². The molecule has 12 unspecified atom stereocenters. The molecule has 0 aliphatic carbocycles. The number of rotatable bonds is 57. The average molecular weight is 1170 g/mol. The molecule has 2 rings (SSSR count). The number of aliphatic hydroxyl groups is 8. The molecule has 484 valence electrons. The van der Waals surface area contributed by atoms with E-state index < -0.39 is 86.8 Å². The Labute approximate surface area is 500 Å². The fraction of sp³-hybridized carbons (Fsp3) is 0.926. The first-order chi connectivity index (χ1) is 40.1. The molecule has 1 amide bonds. The third-order valence-electron chi connectivity index (χ3n) is 17.1. The molecule has 0 radical (unpaired) electrons. The Hall–Kier alpha value is -1.53. The highest BCUT2D eigenvalue weighted by atomic mass is 16.7. The summed E-state index contributed by atoms with van der Waals surface area (Å²) in [6.07, 6.45) is 49.7. The van der Waals surface area contributed by atoms with Gasteiger partial charge in [0.1, 0.15) is 48.8 Å². The smallest absolute Gasteiger partial charge is 0.220 e. The number of hydrogen-bond acceptors (Lipinski definition) is 13. The average Bonchev–Trinajstić information content (AvgIpc) is 3.58. The van der Waals surface area contributed by atoms with Crippen LogP contribution < -0.4 is 5.32 Å². The van der Waals surface area contributed by atoms with E-state index in [1.165, 1.54) is 244 Å². The Kier molecular flexibility index (Phi) is 50.1. The van der Waals surface area contributed by atoms with Crippen molar-refractivity contribution in [2.24, 2.45) is 0 Å². The number of hydrogen-bond donors (Lipinski definition) is 9. The zero-order chi connectivity index (χ0) is 59.5. The van der Waals surface area contributed by atoms with Gasteiger partial charge in [-0.2, -0.15) is 0 Å². The summed E-state index contributed by atoms with van der Waals surface area (Å²) in [5, 5.41) is 87.2. The highest BCUT2D eigenvalue weighted by Crippen LogP contribution is 2.30. The lowest BCUT2D eigenvalue weighted by atomic mass is 9.97. The molecule has 12 atom stereocenters. The molecule has 0 bridgehead atoms. The van der Waals surface area contributed by atoms with Crippen LogP contribution in [0, 0.1) is 0 Å². The van der Waals surface area contributed by atoms with E-state index in [-0.39, 0.29) is 18.9 Å². The molecule has 14 heteroatoms. The van der Waals surface area contributed by atoms with Crippen LogP contribution in [0.25, 0.3) is 0 Å². The van der Waals surface area contributed by atoms with Crippen LogP contribution in [0.1, 0.15) is 309 Å². The Bertz CT molecular complexity index is 1470. The molecular weight excluding hydrogens is 1040 g/mol. The van der Waals surface area contributed by atoms with Gasteiger partial charge in [-0.3, -0.25) is 4.79 Å². The van der Waals surface area contributed by atoms with E-state index in [1.807, 2.05) is 6.08 Å². The van der Waals surface area contributed by atoms with E-state index in [0.717, 1.165) is 32.1 Å². The summed E-state index contributed by atoms with van der Waals surface area (Å²) >= 11 is 0. The third kappa shape index (κ3) is 37.9. The zero-order valence-electron chi connectivity index (χ0n) is 52.5. The van der Waals surface area contributed by atoms with E-state index in [9.17, 15) is 45.6 Å². The minimum absolute atomic E-state index is 0.244. The maximum atomic E-state index is 13.3. The van der Waals surface area contributed by atoms with Crippen molar-refractivity contribution in [3.63, 3.8) is 0 Å². The van der Waals surface area contributed by atoms with Crippen LogP contribution >= 0.6 is 0 Å². The van der Waals surface area contributed by atoms with Crippen molar-refractivity contribution in [3.8, 4) is 0 Å². The zero-order valence-corrected chi connectivity index (χ0v) is 52.5. The molecule has 2 fully saturated rings. The summed E-state index contributed by atoms with van der Waals surface area (Å²) in [5.41, 5.74) is 0. The lowest BCUT2D eigenvalue weighted by Crippen LogP contribution is -2.65. The number of aliphatic hydroxyl groups excluding tert-OH is 8. The number of amides is 1. The van der Waals surface area contributed by atoms with Crippen molar-refractivity contribution in [2.75, 3.05) is 19.8 Å². The summed E-state index contributed by atoms with van der Waals surface area (Å²) in [5.74, 6) is -0.244. The van der Waals surface area contributed by atoms with Gasteiger partial charge in [-0.15, -0.1) is 0 Å². The SMILES string of the molecule is CCCCCCCCCCCCCCCCCCCCCCCCCCCCC/C=C/CC/C=C/C(O)C(COC1OC(CO)C(OC2OC(CO)C(O)C(O)C2O)C(O)C1O)NC(=O)CCCCCCCCCCCCCCCCC. The molecule has 0 saturated carbocycles. The van der Waals surface area contributed by atoms with Gasteiger partial charge in [0.05, 0.1) is 32.0 Å². The number of nitrogens with one attached hydrogen (secondary N) is 1. The second-order valence-electron chi connectivity index (χ2n) is 24.7. The first-order valence-corrected chi connectivity index (χ1v) is 34.6. The van der Waals surface area contributed by atoms with Crippen molar-refractivity contribution in [3.05, 3.63) is 24.3 Å². The van der Waals surface area contributed by atoms with Crippen molar-refractivity contribution < 1.29 is 64.6 Å². The number of carbonyl (C=O) groups is 1. The van der Waals surface area contributed by atoms with E-state index in [0.29, 0.717) is 12.8 Å². The Morgan fingerprint density at radius 1 is 0.427 bits per heavy atom. The molecule has 0 aromatic heterocycles. The standard InChI is InChI=1S/C68H129NO13/c1-3-5-7-9-11-13-15-17-19-20-21-22-23-24-25-26-27-28-29-30-31-32-33-34-35-36-38-39-41-43-45-47-49-51-57(72)56(69-60(73)52-50-48-46-44-42-40-37-18-16-14-12-10-8-6-4-2)55-79-67-65(78)63(76)66(59(54-71)81-67)82-68-64(77)62(75)61(74)58(53-70)80-68/h41,43,49,51,56-59,61-68,70-72,74-78H,3-40,42,44-48,50,52-55H2,1-2H3,(H,69,73)/b43-41+,51-49+. The largest absolute Gasteiger partial charge is 0.394 e. The molecule has 9 N–H and O–H groups in total. The monoisotopic (exact) mass is 1170 g/mol. The topological polar surface area (TPSA) is 228 Å². The predicted octanol–water partition coefficient (Wildman–Crippen LogP) is 13.6. The van der Waals surface area contributed by atoms with Crippen LogP contribution in [0.5, 0.6) is 0 Å². The van der Waals surface area contributed by atoms with Crippen LogP contribution in [0.2, 0.25) is 0 Å². The van der Waals surface area contributed by atoms with Crippen LogP contribution in [0.3, 0.4) is 0 Å². The van der Waals surface area contributed by atoms with Gasteiger partial charge in [-0.05, 0) is 32.1 Å². The van der Waals surface area contributed by atoms with Gasteiger partial charge in [0.25, 0.3) is 0 Å². The molecule has 82 heavy (non-hydrogen) atoms. The molecule has 2 aliphatic rings. The van der Waals surface area contributed by atoms with Crippen LogP contribution in [0.15, 0.2) is 24.3 Å². The predicted molar refractivity (Wildman–Crippen MR) is 332 cm³/mol. The van der Waals surface area contributed by atoms with E-state index in [1.54, 1.807) is 6.08 Å². The Morgan fingerprint density at radius 2 is 0.780 bits per heavy atom. The summed E-state index contributed by atoms with van der Waals surface area (Å²) in [7, 11) is 0. The Morgan fingerprint density at radius 3 is 1.20 bits per heavy atom. The van der Waals surface area contributed by atoms with Crippen LogP contribution in [-0.4, -0.2) is 140 Å². The van der Waals surface area contributed by atoms with E-state index >= 15 is 0 Å². The maximum absolute atomic E-state index is 13.3. The number of carbonyl (C=O) groups excluding carboxylic acids is 1. The minimum Gasteiger partial charge on any atom is -0.394 e. The maximum Gasteiger partial charge on any atom is 0.220 e. The van der Waals surface area contributed by atoms with Gasteiger partial charge in [0.15, 0.2) is 12.6 Å². The molecule has 0 aromatic carbocycles. The lowest BCUT2D eigenvalue weighted by molar-refractivity contribution is -0.359. The molecule has 2 aliphatic heterocycles. The van der Waals surface area contributed by atoms with Crippen molar-refractivity contribution in [2.45, 2.75) is 383 Å². The van der Waals surface area contributed by atoms with Gasteiger partial charge in [0, 0.05) is 6.42 Å². The van der Waals surface area contributed by atoms with Gasteiger partial charge in [-0.1, -0.05) is 295 Å². The van der Waals surface area contributed by atoms with Crippen molar-refractivity contribution in [1.82, 2.24) is 5.32 Å². The van der Waals surface area contributed by atoms with E-state index in [2.05, 4.69) is 31.3 Å². The fourth-order valence-electron chi connectivity index (χ4n) is 11.6. The van der Waals surface area contributed by atoms with Crippen molar-refractivity contribution in [1.29, 1.82) is 0 Å². The minimum atomic E-state index is -1.79. The third-order valence-corrected chi connectivity index (χ3v) is 17.1. The number of unbranched alkanes of at least 4 members (excludes halogenated alkanes) is 42. The highest BCUT2D eigenvalue weighted by molar-refractivity contribution is 5.76. The fourth-order valence-corrected chi connectivity index (χ4v) is 11.6. The first-order valence-electron chi connectivity index (χ1n) is 34.6. The molecule has 14 nitrogen and oxygen atoms in total. The van der Waals surface area contributed by atoms with Gasteiger partial charge < -0.3 is 65.1 Å². The second-order valence-corrected chi connectivity index (χ2v) is 24.7. The van der Waals surface area contributed by atoms with Crippen molar-refractivity contribution >= 4 is 5.91 Å². The Balaban J connectivity index is 1.65. The summed E-state index contributed by atoms with van der Waals surface area (Å²) in [6.45, 7) is 2.82. The number of allylic oxidation sites excluding steroid dienone is 3. The van der Waals surface area contributed by atoms with Crippen LogP contribution in [-0.2, 0) is 23.7 Å². The molecule has 2 saturated heterocycles.